The maximum atomic E-state index is 11.8. The van der Waals surface area contributed by atoms with Crippen LogP contribution in [0, 0.1) is 5.92 Å². The molecule has 1 saturated heterocycles. The Labute approximate surface area is 139 Å². The average Bonchev–Trinajstić information content (AvgIpc) is 2.56. The van der Waals surface area contributed by atoms with Crippen molar-refractivity contribution < 1.29 is 4.79 Å². The van der Waals surface area contributed by atoms with Crippen LogP contribution >= 0.6 is 0 Å². The SMILES string of the molecule is C=CCN(CC=C)CC1CNCCC1c1ccccc1C(N)=O. The molecule has 1 amide bonds. The number of amides is 1. The van der Waals surface area contributed by atoms with Crippen molar-refractivity contribution in [2.75, 3.05) is 32.7 Å². The molecule has 1 fully saturated rings. The van der Waals surface area contributed by atoms with Crippen molar-refractivity contribution in [2.45, 2.75) is 12.3 Å². The van der Waals surface area contributed by atoms with E-state index in [2.05, 4.69) is 29.4 Å². The molecule has 1 aliphatic heterocycles. The van der Waals surface area contributed by atoms with Gasteiger partial charge < -0.3 is 11.1 Å². The first-order valence-corrected chi connectivity index (χ1v) is 8.21. The number of nitrogens with one attached hydrogen (secondary N) is 1. The maximum Gasteiger partial charge on any atom is 0.248 e. The number of hydrogen-bond acceptors (Lipinski definition) is 3. The summed E-state index contributed by atoms with van der Waals surface area (Å²) >= 11 is 0. The van der Waals surface area contributed by atoms with Crippen LogP contribution in [-0.4, -0.2) is 43.5 Å². The molecule has 23 heavy (non-hydrogen) atoms. The Morgan fingerprint density at radius 1 is 1.30 bits per heavy atom. The number of rotatable bonds is 8. The highest BCUT2D eigenvalue weighted by Gasteiger charge is 2.29. The Hall–Kier alpha value is -1.91. The molecule has 3 N–H and O–H groups in total. The molecule has 124 valence electrons. The minimum absolute atomic E-state index is 0.341. The molecule has 1 aromatic carbocycles. The van der Waals surface area contributed by atoms with Gasteiger partial charge in [-0.1, -0.05) is 30.4 Å². The van der Waals surface area contributed by atoms with E-state index in [1.165, 1.54) is 0 Å². The van der Waals surface area contributed by atoms with E-state index in [1.807, 2.05) is 30.4 Å². The number of nitrogens with two attached hydrogens (primary N) is 1. The molecule has 4 nitrogen and oxygen atoms in total. The molecule has 2 unspecified atom stereocenters. The van der Waals surface area contributed by atoms with Crippen molar-refractivity contribution in [2.24, 2.45) is 11.7 Å². The van der Waals surface area contributed by atoms with Gasteiger partial charge in [-0.05, 0) is 43.0 Å². The van der Waals surface area contributed by atoms with Crippen LogP contribution in [0.5, 0.6) is 0 Å². The van der Waals surface area contributed by atoms with Gasteiger partial charge in [0, 0.05) is 25.2 Å². The van der Waals surface area contributed by atoms with Gasteiger partial charge in [0.25, 0.3) is 0 Å². The number of primary amides is 1. The molecule has 2 rings (SSSR count). The highest BCUT2D eigenvalue weighted by atomic mass is 16.1. The Morgan fingerprint density at radius 2 is 2.00 bits per heavy atom. The van der Waals surface area contributed by atoms with Crippen LogP contribution in [0.15, 0.2) is 49.6 Å². The van der Waals surface area contributed by atoms with Crippen molar-refractivity contribution in [1.29, 1.82) is 0 Å². The van der Waals surface area contributed by atoms with Crippen molar-refractivity contribution >= 4 is 5.91 Å². The lowest BCUT2D eigenvalue weighted by Crippen LogP contribution is -2.43. The lowest BCUT2D eigenvalue weighted by Gasteiger charge is -2.36. The first-order chi connectivity index (χ1) is 11.2. The summed E-state index contributed by atoms with van der Waals surface area (Å²) in [7, 11) is 0. The summed E-state index contributed by atoms with van der Waals surface area (Å²) in [5.74, 6) is 0.438. The van der Waals surface area contributed by atoms with E-state index >= 15 is 0 Å². The highest BCUT2D eigenvalue weighted by molar-refractivity contribution is 5.94. The van der Waals surface area contributed by atoms with E-state index in [0.29, 0.717) is 17.4 Å². The second-order valence-corrected chi connectivity index (χ2v) is 6.11. The number of carbonyl (C=O) groups is 1. The van der Waals surface area contributed by atoms with Gasteiger partial charge in [0.2, 0.25) is 5.91 Å². The standard InChI is InChI=1S/C19H27N3O/c1-3-11-22(12-4-2)14-15-13-21-10-9-16(15)17-7-5-6-8-18(17)19(20)23/h3-8,15-16,21H,1-2,9-14H2,(H2,20,23). The maximum absolute atomic E-state index is 11.8. The second-order valence-electron chi connectivity index (χ2n) is 6.11. The van der Waals surface area contributed by atoms with Crippen molar-refractivity contribution in [3.8, 4) is 0 Å². The predicted octanol–water partition coefficient (Wildman–Crippen LogP) is 2.15. The summed E-state index contributed by atoms with van der Waals surface area (Å²) in [4.78, 5) is 14.1. The van der Waals surface area contributed by atoms with Crippen LogP contribution in [0.3, 0.4) is 0 Å². The summed E-state index contributed by atoms with van der Waals surface area (Å²) in [6, 6.07) is 7.75. The van der Waals surface area contributed by atoms with Crippen LogP contribution < -0.4 is 11.1 Å². The summed E-state index contributed by atoms with van der Waals surface area (Å²) < 4.78 is 0. The molecule has 0 radical (unpaired) electrons. The van der Waals surface area contributed by atoms with Gasteiger partial charge in [-0.25, -0.2) is 0 Å². The quantitative estimate of drug-likeness (QED) is 0.723. The van der Waals surface area contributed by atoms with Gasteiger partial charge >= 0.3 is 0 Å². The monoisotopic (exact) mass is 313 g/mol. The predicted molar refractivity (Wildman–Crippen MR) is 95.5 cm³/mol. The highest BCUT2D eigenvalue weighted by Crippen LogP contribution is 2.33. The lowest BCUT2D eigenvalue weighted by atomic mass is 9.79. The Balaban J connectivity index is 2.23. The Kier molecular flexibility index (Phi) is 6.56. The summed E-state index contributed by atoms with van der Waals surface area (Å²) in [5, 5.41) is 3.48. The number of piperidine rings is 1. The molecule has 4 heteroatoms. The van der Waals surface area contributed by atoms with Crippen LogP contribution in [-0.2, 0) is 0 Å². The fourth-order valence-corrected chi connectivity index (χ4v) is 3.49. The van der Waals surface area contributed by atoms with Gasteiger partial charge in [0.1, 0.15) is 0 Å². The van der Waals surface area contributed by atoms with Gasteiger partial charge in [-0.2, -0.15) is 0 Å². The van der Waals surface area contributed by atoms with Crippen LogP contribution in [0.25, 0.3) is 0 Å². The van der Waals surface area contributed by atoms with Gasteiger partial charge in [-0.15, -0.1) is 13.2 Å². The van der Waals surface area contributed by atoms with E-state index in [0.717, 1.165) is 44.7 Å². The normalized spacial score (nSPS) is 21.1. The third kappa shape index (κ3) is 4.53. The van der Waals surface area contributed by atoms with Crippen LogP contribution in [0.4, 0.5) is 0 Å². The molecule has 2 atom stereocenters. The van der Waals surface area contributed by atoms with Crippen molar-refractivity contribution in [1.82, 2.24) is 10.2 Å². The third-order valence-corrected chi connectivity index (χ3v) is 4.50. The first kappa shape index (κ1) is 17.4. The Morgan fingerprint density at radius 3 is 2.65 bits per heavy atom. The zero-order valence-electron chi connectivity index (χ0n) is 13.7. The zero-order chi connectivity index (χ0) is 16.7. The molecule has 0 bridgehead atoms. The molecule has 0 aliphatic carbocycles. The fourth-order valence-electron chi connectivity index (χ4n) is 3.49. The van der Waals surface area contributed by atoms with Crippen LogP contribution in [0.1, 0.15) is 28.3 Å². The third-order valence-electron chi connectivity index (χ3n) is 4.50. The van der Waals surface area contributed by atoms with E-state index in [-0.39, 0.29) is 5.91 Å². The molecule has 1 aromatic rings. The van der Waals surface area contributed by atoms with Gasteiger partial charge in [0.15, 0.2) is 0 Å². The molecule has 0 saturated carbocycles. The average molecular weight is 313 g/mol. The largest absolute Gasteiger partial charge is 0.366 e. The van der Waals surface area contributed by atoms with E-state index in [1.54, 1.807) is 0 Å². The molecule has 1 heterocycles. The smallest absolute Gasteiger partial charge is 0.248 e. The van der Waals surface area contributed by atoms with Gasteiger partial charge in [0.05, 0.1) is 0 Å². The molecule has 1 aliphatic rings. The molecule has 0 spiro atoms. The summed E-state index contributed by atoms with van der Waals surface area (Å²) in [6.07, 6.45) is 4.86. The van der Waals surface area contributed by atoms with Crippen molar-refractivity contribution in [3.63, 3.8) is 0 Å². The molecule has 0 aromatic heterocycles. The number of carbonyl (C=O) groups excluding carboxylic acids is 1. The van der Waals surface area contributed by atoms with E-state index in [4.69, 9.17) is 5.73 Å². The minimum atomic E-state index is -0.341. The number of hydrogen-bond donors (Lipinski definition) is 2. The minimum Gasteiger partial charge on any atom is -0.366 e. The second kappa shape index (κ2) is 8.65. The Bertz CT molecular complexity index is 545. The summed E-state index contributed by atoms with van der Waals surface area (Å²) in [6.45, 7) is 12.2. The van der Waals surface area contributed by atoms with E-state index < -0.39 is 0 Å². The van der Waals surface area contributed by atoms with Crippen molar-refractivity contribution in [3.05, 3.63) is 60.7 Å². The topological polar surface area (TPSA) is 58.4 Å². The lowest BCUT2D eigenvalue weighted by molar-refractivity contribution is 0.0997. The molecular formula is C19H27N3O. The summed E-state index contributed by atoms with van der Waals surface area (Å²) in [5.41, 5.74) is 7.31. The first-order valence-electron chi connectivity index (χ1n) is 8.21. The number of nitrogens with zero attached hydrogens (tertiary/aromatic N) is 1. The van der Waals surface area contributed by atoms with Crippen LogP contribution in [0.2, 0.25) is 0 Å². The zero-order valence-corrected chi connectivity index (χ0v) is 13.7. The fraction of sp³-hybridized carbons (Fsp3) is 0.421. The van der Waals surface area contributed by atoms with Gasteiger partial charge in [-0.3, -0.25) is 9.69 Å². The molecular weight excluding hydrogens is 286 g/mol. The van der Waals surface area contributed by atoms with E-state index in [9.17, 15) is 4.79 Å². The number of benzene rings is 1.